The second kappa shape index (κ2) is 6.54. The van der Waals surface area contributed by atoms with Gasteiger partial charge in [0.1, 0.15) is 25.1 Å². The molecule has 2 aliphatic rings. The van der Waals surface area contributed by atoms with Crippen LogP contribution in [0, 0.1) is 0 Å². The maximum Gasteiger partial charge on any atom is 0.277 e. The van der Waals surface area contributed by atoms with Crippen molar-refractivity contribution in [1.29, 1.82) is 0 Å². The second-order valence-corrected chi connectivity index (χ2v) is 7.50. The van der Waals surface area contributed by atoms with Crippen LogP contribution in [0.1, 0.15) is 35.2 Å². The summed E-state index contributed by atoms with van der Waals surface area (Å²) in [7, 11) is 1.84. The van der Waals surface area contributed by atoms with E-state index in [0.29, 0.717) is 18.1 Å². The van der Waals surface area contributed by atoms with Crippen LogP contribution in [-0.2, 0) is 23.2 Å². The molecule has 0 radical (unpaired) electrons. The van der Waals surface area contributed by atoms with Crippen molar-refractivity contribution in [2.45, 2.75) is 25.4 Å². The number of carbonyl (C=O) groups is 3. The highest BCUT2D eigenvalue weighted by Gasteiger charge is 2.38. The summed E-state index contributed by atoms with van der Waals surface area (Å²) in [5.74, 6) is -0.333. The number of hydrogen-bond acceptors (Lipinski definition) is 5. The molecule has 0 bridgehead atoms. The number of benzene rings is 1. The van der Waals surface area contributed by atoms with E-state index in [1.54, 1.807) is 26.4 Å². The predicted octanol–water partition coefficient (Wildman–Crippen LogP) is 1.12. The highest BCUT2D eigenvalue weighted by atomic mass is 16.2. The normalized spacial score (nSPS) is 19.3. The standard InChI is InChI=1S/C20H20N6O3/c1-23-12-21-22-19(23)15-7-4-8-24(15)17(27)11-26-18(28)10-25-14-6-3-2-5-13(14)9-16(25)20(26)29/h2-3,5-6,9,12,15H,4,7-8,10-11H2,1H3. The number of nitrogens with zero attached hydrogens (tertiary/aromatic N) is 6. The Bertz CT molecular complexity index is 1150. The lowest BCUT2D eigenvalue weighted by molar-refractivity contribution is -0.139. The first kappa shape index (κ1) is 17.6. The van der Waals surface area contributed by atoms with E-state index in [1.165, 1.54) is 0 Å². The summed E-state index contributed by atoms with van der Waals surface area (Å²) in [6.07, 6.45) is 3.24. The molecule has 3 aromatic rings. The van der Waals surface area contributed by atoms with Crippen molar-refractivity contribution in [3.05, 3.63) is 48.2 Å². The van der Waals surface area contributed by atoms with E-state index in [2.05, 4.69) is 10.2 Å². The average molecular weight is 392 g/mol. The first-order valence-electron chi connectivity index (χ1n) is 9.61. The van der Waals surface area contributed by atoms with Gasteiger partial charge in [-0.3, -0.25) is 19.3 Å². The summed E-state index contributed by atoms with van der Waals surface area (Å²) in [5.41, 5.74) is 1.28. The van der Waals surface area contributed by atoms with Gasteiger partial charge in [0.2, 0.25) is 11.8 Å². The third-order valence-corrected chi connectivity index (χ3v) is 5.78. The number of para-hydroxylation sites is 1. The Labute approximate surface area is 166 Å². The zero-order valence-electron chi connectivity index (χ0n) is 16.0. The van der Waals surface area contributed by atoms with Gasteiger partial charge in [0.15, 0.2) is 5.82 Å². The summed E-state index contributed by atoms with van der Waals surface area (Å²) < 4.78 is 3.52. The van der Waals surface area contributed by atoms with Crippen LogP contribution in [0.2, 0.25) is 0 Å². The van der Waals surface area contributed by atoms with Crippen LogP contribution < -0.4 is 0 Å². The summed E-state index contributed by atoms with van der Waals surface area (Å²) in [5, 5.41) is 8.93. The summed E-state index contributed by atoms with van der Waals surface area (Å²) in [4.78, 5) is 41.5. The number of carbonyl (C=O) groups excluding carboxylic acids is 3. The van der Waals surface area contributed by atoms with Gasteiger partial charge in [-0.1, -0.05) is 18.2 Å². The molecule has 0 spiro atoms. The monoisotopic (exact) mass is 392 g/mol. The van der Waals surface area contributed by atoms with Crippen molar-refractivity contribution in [3.63, 3.8) is 0 Å². The fourth-order valence-corrected chi connectivity index (χ4v) is 4.34. The SMILES string of the molecule is Cn1cnnc1C1CCCN1C(=O)CN1C(=O)Cn2c(cc3ccccc32)C1=O. The van der Waals surface area contributed by atoms with Crippen LogP contribution in [0.4, 0.5) is 0 Å². The van der Waals surface area contributed by atoms with E-state index < -0.39 is 5.91 Å². The Hall–Kier alpha value is -3.49. The van der Waals surface area contributed by atoms with Crippen molar-refractivity contribution < 1.29 is 14.4 Å². The van der Waals surface area contributed by atoms with Crippen molar-refractivity contribution in [2.75, 3.05) is 13.1 Å². The van der Waals surface area contributed by atoms with Crippen LogP contribution in [0.25, 0.3) is 10.9 Å². The minimum atomic E-state index is -0.430. The fraction of sp³-hybridized carbons (Fsp3) is 0.350. The van der Waals surface area contributed by atoms with Crippen LogP contribution >= 0.6 is 0 Å². The lowest BCUT2D eigenvalue weighted by Crippen LogP contribution is -2.49. The van der Waals surface area contributed by atoms with Gasteiger partial charge in [-0.15, -0.1) is 10.2 Å². The van der Waals surface area contributed by atoms with Crippen molar-refractivity contribution in [1.82, 2.24) is 29.1 Å². The van der Waals surface area contributed by atoms with Crippen LogP contribution in [-0.4, -0.2) is 59.9 Å². The fourth-order valence-electron chi connectivity index (χ4n) is 4.34. The first-order valence-corrected chi connectivity index (χ1v) is 9.61. The molecule has 29 heavy (non-hydrogen) atoms. The largest absolute Gasteiger partial charge is 0.331 e. The molecule has 4 heterocycles. The molecular weight excluding hydrogens is 372 g/mol. The molecule has 2 aliphatic heterocycles. The molecule has 1 atom stereocenters. The Morgan fingerprint density at radius 2 is 2.07 bits per heavy atom. The zero-order chi connectivity index (χ0) is 20.1. The van der Waals surface area contributed by atoms with Gasteiger partial charge in [0.25, 0.3) is 5.91 Å². The molecule has 0 aliphatic carbocycles. The average Bonchev–Trinajstić information content (AvgIpc) is 3.43. The molecule has 1 fully saturated rings. The summed E-state index contributed by atoms with van der Waals surface area (Å²) >= 11 is 0. The topological polar surface area (TPSA) is 93.3 Å². The Balaban J connectivity index is 1.40. The minimum absolute atomic E-state index is 0.0502. The van der Waals surface area contributed by atoms with Crippen molar-refractivity contribution >= 4 is 28.6 Å². The maximum atomic E-state index is 13.0. The molecular formula is C20H20N6O3. The van der Waals surface area contributed by atoms with Crippen LogP contribution in [0.5, 0.6) is 0 Å². The Kier molecular flexibility index (Phi) is 3.97. The molecule has 1 unspecified atom stereocenters. The number of fused-ring (bicyclic) bond motifs is 3. The summed E-state index contributed by atoms with van der Waals surface area (Å²) in [6, 6.07) is 9.15. The van der Waals surface area contributed by atoms with E-state index in [9.17, 15) is 14.4 Å². The third kappa shape index (κ3) is 2.72. The lowest BCUT2D eigenvalue weighted by Gasteiger charge is -2.30. The van der Waals surface area contributed by atoms with Gasteiger partial charge < -0.3 is 14.0 Å². The number of rotatable bonds is 3. The number of aryl methyl sites for hydroxylation is 1. The smallest absolute Gasteiger partial charge is 0.277 e. The van der Waals surface area contributed by atoms with Gasteiger partial charge in [0, 0.05) is 24.5 Å². The number of amides is 3. The van der Waals surface area contributed by atoms with Crippen molar-refractivity contribution in [3.8, 4) is 0 Å². The minimum Gasteiger partial charge on any atom is -0.331 e. The molecule has 1 saturated heterocycles. The summed E-state index contributed by atoms with van der Waals surface area (Å²) in [6.45, 7) is 0.370. The lowest BCUT2D eigenvalue weighted by atomic mass is 10.2. The second-order valence-electron chi connectivity index (χ2n) is 7.50. The Morgan fingerprint density at radius 3 is 2.86 bits per heavy atom. The first-order chi connectivity index (χ1) is 14.0. The van der Waals surface area contributed by atoms with Crippen LogP contribution in [0.15, 0.2) is 36.7 Å². The molecule has 3 amide bonds. The molecule has 9 nitrogen and oxygen atoms in total. The number of hydrogen-bond donors (Lipinski definition) is 0. The van der Waals surface area contributed by atoms with E-state index in [4.69, 9.17) is 0 Å². The van der Waals surface area contributed by atoms with Crippen LogP contribution in [0.3, 0.4) is 0 Å². The van der Waals surface area contributed by atoms with Gasteiger partial charge in [-0.05, 0) is 25.0 Å². The molecule has 2 aromatic heterocycles. The molecule has 148 valence electrons. The predicted molar refractivity (Wildman–Crippen MR) is 103 cm³/mol. The molecule has 9 heteroatoms. The third-order valence-electron chi connectivity index (χ3n) is 5.78. The van der Waals surface area contributed by atoms with Gasteiger partial charge in [0.05, 0.1) is 6.04 Å². The maximum absolute atomic E-state index is 13.0. The zero-order valence-corrected chi connectivity index (χ0v) is 16.0. The van der Waals surface area contributed by atoms with E-state index in [0.717, 1.165) is 28.6 Å². The molecule has 1 aromatic carbocycles. The quantitative estimate of drug-likeness (QED) is 0.623. The van der Waals surface area contributed by atoms with E-state index in [1.807, 2.05) is 31.3 Å². The number of aromatic nitrogens is 4. The Morgan fingerprint density at radius 1 is 1.24 bits per heavy atom. The molecule has 0 saturated carbocycles. The van der Waals surface area contributed by atoms with Crippen molar-refractivity contribution in [2.24, 2.45) is 7.05 Å². The van der Waals surface area contributed by atoms with Gasteiger partial charge in [-0.25, -0.2) is 0 Å². The molecule has 0 N–H and O–H groups in total. The highest BCUT2D eigenvalue weighted by Crippen LogP contribution is 2.31. The molecule has 5 rings (SSSR count). The van der Waals surface area contributed by atoms with Gasteiger partial charge >= 0.3 is 0 Å². The number of likely N-dealkylation sites (tertiary alicyclic amines) is 1. The highest BCUT2D eigenvalue weighted by molar-refractivity contribution is 6.11. The number of imide groups is 1. The van der Waals surface area contributed by atoms with E-state index >= 15 is 0 Å². The van der Waals surface area contributed by atoms with E-state index in [-0.39, 0.29) is 30.9 Å². The van der Waals surface area contributed by atoms with Gasteiger partial charge in [-0.2, -0.15) is 0 Å².